The summed E-state index contributed by atoms with van der Waals surface area (Å²) < 4.78 is 15.2. The number of benzene rings is 2. The zero-order valence-corrected chi connectivity index (χ0v) is 15.2. The summed E-state index contributed by atoms with van der Waals surface area (Å²) in [4.78, 5) is 4.48. The normalized spacial score (nSPS) is 15.3. The number of hydrogen-bond donors (Lipinski definition) is 0. The van der Waals surface area contributed by atoms with Crippen molar-refractivity contribution in [1.29, 1.82) is 0 Å². The summed E-state index contributed by atoms with van der Waals surface area (Å²) in [6.07, 6.45) is 0. The Morgan fingerprint density at radius 3 is 2.45 bits per heavy atom. The van der Waals surface area contributed by atoms with Crippen LogP contribution in [0.1, 0.15) is 0 Å². The molecule has 0 fully saturated rings. The average molecular weight is 372 g/mol. The molecule has 0 aliphatic carbocycles. The van der Waals surface area contributed by atoms with E-state index in [4.69, 9.17) is 0 Å². The fourth-order valence-corrected chi connectivity index (χ4v) is 7.87. The average Bonchev–Trinajstić information content (AvgIpc) is 3.01. The quantitative estimate of drug-likeness (QED) is 0.591. The van der Waals surface area contributed by atoms with E-state index in [1.54, 1.807) is 12.1 Å². The molecule has 0 radical (unpaired) electrons. The van der Waals surface area contributed by atoms with Gasteiger partial charge in [0.15, 0.2) is 0 Å². The van der Waals surface area contributed by atoms with Gasteiger partial charge in [0, 0.05) is 0 Å². The first-order valence-electron chi connectivity index (χ1n) is 7.32. The minimum absolute atomic E-state index is 0.160. The van der Waals surface area contributed by atoms with Crippen LogP contribution in [-0.2, 0) is 0 Å². The van der Waals surface area contributed by atoms with E-state index < -0.39 is 8.07 Å². The predicted molar refractivity (Wildman–Crippen MR) is 94.8 cm³/mol. The molecule has 2 heterocycles. The Labute approximate surface area is 136 Å². The van der Waals surface area contributed by atoms with Gasteiger partial charge in [-0.1, -0.05) is 0 Å². The van der Waals surface area contributed by atoms with Gasteiger partial charge in [-0.15, -0.1) is 0 Å². The molecule has 0 bridgehead atoms. The molecule has 0 spiro atoms. The van der Waals surface area contributed by atoms with E-state index in [9.17, 15) is 4.39 Å². The summed E-state index contributed by atoms with van der Waals surface area (Å²) in [5.74, 6) is -0.160. The molecule has 1 aromatic heterocycles. The number of anilines is 3. The van der Waals surface area contributed by atoms with Gasteiger partial charge in [-0.25, -0.2) is 0 Å². The van der Waals surface area contributed by atoms with Crippen molar-refractivity contribution in [3.05, 3.63) is 65.4 Å². The van der Waals surface area contributed by atoms with Gasteiger partial charge in [0.25, 0.3) is 0 Å². The predicted octanol–water partition coefficient (Wildman–Crippen LogP) is 3.49. The van der Waals surface area contributed by atoms with E-state index in [0.29, 0.717) is 14.5 Å². The Morgan fingerprint density at radius 1 is 0.909 bits per heavy atom. The fraction of sp³-hybridized carbons (Fsp3) is 0.111. The number of para-hydroxylation sites is 1. The third-order valence-corrected chi connectivity index (χ3v) is 9.75. The number of fused-ring (bicyclic) bond motifs is 2. The summed E-state index contributed by atoms with van der Waals surface area (Å²) >= 11 is 0.305. The summed E-state index contributed by atoms with van der Waals surface area (Å²) in [6.45, 7) is 4.71. The molecule has 110 valence electrons. The van der Waals surface area contributed by atoms with Crippen molar-refractivity contribution in [2.24, 2.45) is 0 Å². The number of nitrogens with zero attached hydrogens (tertiary/aromatic N) is 1. The van der Waals surface area contributed by atoms with Gasteiger partial charge in [-0.05, 0) is 0 Å². The van der Waals surface area contributed by atoms with Crippen LogP contribution in [-0.4, -0.2) is 22.6 Å². The number of hydrogen-bond acceptors (Lipinski definition) is 1. The van der Waals surface area contributed by atoms with Crippen molar-refractivity contribution in [3.8, 4) is 0 Å². The van der Waals surface area contributed by atoms with Crippen LogP contribution < -0.4 is 15.3 Å². The van der Waals surface area contributed by atoms with Crippen molar-refractivity contribution in [1.82, 2.24) is 0 Å². The zero-order chi connectivity index (χ0) is 15.3. The Bertz CT molecular complexity index is 842. The number of halogens is 1. The Kier molecular flexibility index (Phi) is 3.15. The summed E-state index contributed by atoms with van der Waals surface area (Å²) in [5, 5.41) is 2.74. The summed E-state index contributed by atoms with van der Waals surface area (Å²) in [5.41, 5.74) is 2.27. The molecule has 0 atom stereocenters. The Balaban J connectivity index is 2.07. The second-order valence-corrected chi connectivity index (χ2v) is 12.4. The van der Waals surface area contributed by atoms with Crippen LogP contribution in [0.15, 0.2) is 59.5 Å². The van der Waals surface area contributed by atoms with Gasteiger partial charge in [-0.3, -0.25) is 0 Å². The minimum atomic E-state index is -1.80. The van der Waals surface area contributed by atoms with Gasteiger partial charge >= 0.3 is 137 Å². The molecule has 0 N–H and O–H groups in total. The molecule has 0 saturated carbocycles. The second-order valence-electron chi connectivity index (χ2n) is 6.09. The molecule has 0 unspecified atom stereocenters. The van der Waals surface area contributed by atoms with Gasteiger partial charge in [0.05, 0.1) is 0 Å². The zero-order valence-electron chi connectivity index (χ0n) is 12.5. The van der Waals surface area contributed by atoms with Crippen molar-refractivity contribution >= 4 is 48.9 Å². The molecule has 1 aliphatic rings. The number of rotatable bonds is 1. The van der Waals surface area contributed by atoms with E-state index in [-0.39, 0.29) is 5.82 Å². The van der Waals surface area contributed by atoms with E-state index in [0.717, 1.165) is 5.69 Å². The fourth-order valence-electron chi connectivity index (χ4n) is 3.32. The third kappa shape index (κ3) is 1.95. The van der Waals surface area contributed by atoms with Crippen LogP contribution in [0.3, 0.4) is 0 Å². The summed E-state index contributed by atoms with van der Waals surface area (Å²) in [7, 11) is -1.80. The molecule has 1 nitrogen and oxygen atoms in total. The first kappa shape index (κ1) is 14.0. The first-order valence-corrected chi connectivity index (χ1v) is 12.2. The van der Waals surface area contributed by atoms with E-state index in [1.165, 1.54) is 20.6 Å². The topological polar surface area (TPSA) is 3.24 Å². The van der Waals surface area contributed by atoms with E-state index in [2.05, 4.69) is 59.3 Å². The maximum absolute atomic E-state index is 13.9. The third-order valence-electron chi connectivity index (χ3n) is 4.42. The van der Waals surface area contributed by atoms with Crippen LogP contribution in [0.2, 0.25) is 13.1 Å². The van der Waals surface area contributed by atoms with E-state index in [1.807, 2.05) is 6.07 Å². The Morgan fingerprint density at radius 2 is 1.68 bits per heavy atom. The molecule has 4 rings (SSSR count). The molecule has 22 heavy (non-hydrogen) atoms. The van der Waals surface area contributed by atoms with Crippen molar-refractivity contribution < 1.29 is 4.39 Å². The van der Waals surface area contributed by atoms with Gasteiger partial charge in [0.2, 0.25) is 0 Å². The molecule has 2 aromatic carbocycles. The van der Waals surface area contributed by atoms with Gasteiger partial charge in [0.1, 0.15) is 0 Å². The van der Waals surface area contributed by atoms with E-state index >= 15 is 0 Å². The standard InChI is InChI=1S/C18H16FNSeSi/c1-22(2)16-7-4-3-6-14(16)20(18-8-5-11-21-18)15-12-13(19)9-10-17(15)22/h3-12H,1-2H3. The SMILES string of the molecule is C[Si]1(C)c2ccccc2N(c2ccc[se]2)c2cc(F)ccc21. The van der Waals surface area contributed by atoms with Crippen molar-refractivity contribution in [2.75, 3.05) is 4.90 Å². The van der Waals surface area contributed by atoms with Crippen LogP contribution in [0.4, 0.5) is 20.3 Å². The van der Waals surface area contributed by atoms with Crippen LogP contribution in [0.5, 0.6) is 0 Å². The molecular formula is C18H16FNSeSi. The molecular weight excluding hydrogens is 356 g/mol. The van der Waals surface area contributed by atoms with Gasteiger partial charge < -0.3 is 0 Å². The van der Waals surface area contributed by atoms with Gasteiger partial charge in [-0.2, -0.15) is 0 Å². The Hall–Kier alpha value is -1.61. The van der Waals surface area contributed by atoms with Crippen LogP contribution >= 0.6 is 0 Å². The molecule has 1 aliphatic heterocycles. The second kappa shape index (κ2) is 4.95. The monoisotopic (exact) mass is 373 g/mol. The molecule has 3 aromatic rings. The molecule has 0 amide bonds. The van der Waals surface area contributed by atoms with Crippen molar-refractivity contribution in [2.45, 2.75) is 13.1 Å². The summed E-state index contributed by atoms with van der Waals surface area (Å²) in [6, 6.07) is 18.2. The molecule has 0 saturated heterocycles. The van der Waals surface area contributed by atoms with Crippen LogP contribution in [0.25, 0.3) is 0 Å². The molecule has 4 heteroatoms. The van der Waals surface area contributed by atoms with Crippen LogP contribution in [0, 0.1) is 5.82 Å². The first-order chi connectivity index (χ1) is 10.6. The maximum atomic E-state index is 13.9. The van der Waals surface area contributed by atoms with Crippen molar-refractivity contribution in [3.63, 3.8) is 0 Å².